The summed E-state index contributed by atoms with van der Waals surface area (Å²) in [5.41, 5.74) is 3.24. The number of aromatic nitrogens is 1. The standard InChI is InChI=1S/C32H36BrN3O2/c1-3-12-28-23(2)19-29-30(37)36(21-24-13-11-16-26(33)20-24)32(22-35(28)29,25-14-7-6-8-15-25)31(38)34-27-17-9-4-5-10-18-27/h3,6-8,11-16,19-20,27H,4-5,9-10,17-18,21-22H2,1-2H3,(H,34,38)/b12-3-. The molecule has 1 unspecified atom stereocenters. The summed E-state index contributed by atoms with van der Waals surface area (Å²) in [4.78, 5) is 30.9. The molecule has 1 aliphatic heterocycles. The van der Waals surface area contributed by atoms with Crippen LogP contribution in [0.1, 0.15) is 78.3 Å². The average Bonchev–Trinajstić information content (AvgIpc) is 3.06. The van der Waals surface area contributed by atoms with Gasteiger partial charge in [0, 0.05) is 22.8 Å². The zero-order valence-corrected chi connectivity index (χ0v) is 23.8. The van der Waals surface area contributed by atoms with E-state index in [4.69, 9.17) is 0 Å². The Morgan fingerprint density at radius 1 is 1.05 bits per heavy atom. The van der Waals surface area contributed by atoms with E-state index in [1.807, 2.05) is 91.6 Å². The van der Waals surface area contributed by atoms with Crippen molar-refractivity contribution in [3.8, 4) is 0 Å². The lowest BCUT2D eigenvalue weighted by molar-refractivity contribution is -0.136. The molecule has 1 aliphatic carbocycles. The van der Waals surface area contributed by atoms with Gasteiger partial charge in [-0.2, -0.15) is 0 Å². The van der Waals surface area contributed by atoms with Gasteiger partial charge < -0.3 is 14.8 Å². The van der Waals surface area contributed by atoms with Gasteiger partial charge in [-0.15, -0.1) is 0 Å². The summed E-state index contributed by atoms with van der Waals surface area (Å²) < 4.78 is 3.00. The van der Waals surface area contributed by atoms with Gasteiger partial charge in [0.15, 0.2) is 5.54 Å². The highest BCUT2D eigenvalue weighted by molar-refractivity contribution is 9.10. The molecule has 0 radical (unpaired) electrons. The summed E-state index contributed by atoms with van der Waals surface area (Å²) in [7, 11) is 0. The summed E-state index contributed by atoms with van der Waals surface area (Å²) in [6.45, 7) is 4.70. The zero-order valence-electron chi connectivity index (χ0n) is 22.3. The fourth-order valence-corrected chi connectivity index (χ4v) is 6.54. The third-order valence-corrected chi connectivity index (χ3v) is 8.52. The molecule has 2 aromatic carbocycles. The highest BCUT2D eigenvalue weighted by atomic mass is 79.9. The number of rotatable bonds is 6. The van der Waals surface area contributed by atoms with Gasteiger partial charge in [-0.25, -0.2) is 0 Å². The Morgan fingerprint density at radius 3 is 2.47 bits per heavy atom. The summed E-state index contributed by atoms with van der Waals surface area (Å²) in [6, 6.07) is 19.9. The largest absolute Gasteiger partial charge is 0.351 e. The van der Waals surface area contributed by atoms with Crippen molar-refractivity contribution in [2.45, 2.75) is 77.0 Å². The fraction of sp³-hybridized carbons (Fsp3) is 0.375. The Morgan fingerprint density at radius 2 is 1.79 bits per heavy atom. The van der Waals surface area contributed by atoms with Crippen LogP contribution in [0.3, 0.4) is 0 Å². The van der Waals surface area contributed by atoms with E-state index in [2.05, 4.69) is 25.8 Å². The monoisotopic (exact) mass is 573 g/mol. The lowest BCUT2D eigenvalue weighted by atomic mass is 9.83. The summed E-state index contributed by atoms with van der Waals surface area (Å²) in [5.74, 6) is -0.225. The maximum atomic E-state index is 14.7. The van der Waals surface area contributed by atoms with Gasteiger partial charge in [-0.05, 0) is 67.7 Å². The van der Waals surface area contributed by atoms with Crippen LogP contribution < -0.4 is 5.32 Å². The minimum Gasteiger partial charge on any atom is -0.351 e. The number of nitrogens with one attached hydrogen (secondary N) is 1. The SMILES string of the molecule is C/C=C\c1c(C)cc2n1CC(C(=O)NC1CCCCCC1)(c1ccccc1)N(Cc1cccc(Br)c1)C2=O. The van der Waals surface area contributed by atoms with Crippen molar-refractivity contribution in [2.75, 3.05) is 0 Å². The lowest BCUT2D eigenvalue weighted by Crippen LogP contribution is -2.64. The van der Waals surface area contributed by atoms with Crippen LogP contribution in [0.2, 0.25) is 0 Å². The molecule has 1 fully saturated rings. The van der Waals surface area contributed by atoms with Crippen LogP contribution in [0.15, 0.2) is 71.2 Å². The van der Waals surface area contributed by atoms with Gasteiger partial charge in [0.05, 0.1) is 6.54 Å². The Kier molecular flexibility index (Phi) is 7.89. The van der Waals surface area contributed by atoms with Crippen molar-refractivity contribution in [1.82, 2.24) is 14.8 Å². The molecule has 0 bridgehead atoms. The molecule has 1 saturated carbocycles. The van der Waals surface area contributed by atoms with E-state index in [1.165, 1.54) is 12.8 Å². The molecular weight excluding hydrogens is 538 g/mol. The van der Waals surface area contributed by atoms with E-state index >= 15 is 0 Å². The lowest BCUT2D eigenvalue weighted by Gasteiger charge is -2.47. The van der Waals surface area contributed by atoms with E-state index < -0.39 is 5.54 Å². The van der Waals surface area contributed by atoms with Crippen LogP contribution >= 0.6 is 15.9 Å². The van der Waals surface area contributed by atoms with Crippen LogP contribution in [0.5, 0.6) is 0 Å². The second-order valence-corrected chi connectivity index (χ2v) is 11.5. The Balaban J connectivity index is 1.69. The Hall–Kier alpha value is -3.12. The van der Waals surface area contributed by atoms with Crippen LogP contribution in [0.25, 0.3) is 6.08 Å². The highest BCUT2D eigenvalue weighted by Crippen LogP contribution is 2.40. The molecule has 1 atom stereocenters. The minimum absolute atomic E-state index is 0.0950. The second kappa shape index (κ2) is 11.3. The zero-order chi connectivity index (χ0) is 26.7. The van der Waals surface area contributed by atoms with Gasteiger partial charge in [0.25, 0.3) is 11.8 Å². The third kappa shape index (κ3) is 4.98. The fourth-order valence-electron chi connectivity index (χ4n) is 6.09. The molecule has 5 nitrogen and oxygen atoms in total. The Bertz CT molecular complexity index is 1340. The van der Waals surface area contributed by atoms with Crippen LogP contribution in [-0.4, -0.2) is 27.3 Å². The Labute approximate surface area is 234 Å². The normalized spacial score (nSPS) is 20.4. The first-order valence-electron chi connectivity index (χ1n) is 13.7. The first-order valence-corrected chi connectivity index (χ1v) is 14.5. The molecule has 0 spiro atoms. The number of hydrogen-bond acceptors (Lipinski definition) is 2. The number of carbonyl (C=O) groups excluding carboxylic acids is 2. The van der Waals surface area contributed by atoms with Crippen molar-refractivity contribution in [1.29, 1.82) is 0 Å². The molecule has 2 amide bonds. The predicted octanol–water partition coefficient (Wildman–Crippen LogP) is 6.98. The van der Waals surface area contributed by atoms with Crippen molar-refractivity contribution >= 4 is 33.8 Å². The number of amides is 2. The van der Waals surface area contributed by atoms with Crippen molar-refractivity contribution in [2.24, 2.45) is 0 Å². The van der Waals surface area contributed by atoms with E-state index in [-0.39, 0.29) is 17.9 Å². The van der Waals surface area contributed by atoms with Gasteiger partial charge in [0.1, 0.15) is 5.69 Å². The average molecular weight is 575 g/mol. The number of benzene rings is 2. The number of halogens is 1. The summed E-state index contributed by atoms with van der Waals surface area (Å²) >= 11 is 3.58. The molecule has 2 heterocycles. The van der Waals surface area contributed by atoms with Gasteiger partial charge in [-0.3, -0.25) is 9.59 Å². The maximum Gasteiger partial charge on any atom is 0.272 e. The molecule has 0 saturated heterocycles. The van der Waals surface area contributed by atoms with E-state index in [1.54, 1.807) is 0 Å². The van der Waals surface area contributed by atoms with Gasteiger partial charge in [-0.1, -0.05) is 90.2 Å². The maximum absolute atomic E-state index is 14.7. The number of aryl methyl sites for hydroxylation is 1. The molecule has 2 aliphatic rings. The minimum atomic E-state index is -1.19. The summed E-state index contributed by atoms with van der Waals surface area (Å²) in [6.07, 6.45) is 10.7. The summed E-state index contributed by atoms with van der Waals surface area (Å²) in [5, 5.41) is 3.43. The van der Waals surface area contributed by atoms with Crippen LogP contribution in [0, 0.1) is 6.92 Å². The molecule has 5 rings (SSSR count). The molecule has 1 N–H and O–H groups in total. The smallest absolute Gasteiger partial charge is 0.272 e. The quantitative estimate of drug-likeness (QED) is 0.323. The van der Waals surface area contributed by atoms with Gasteiger partial charge >= 0.3 is 0 Å². The van der Waals surface area contributed by atoms with Gasteiger partial charge in [0.2, 0.25) is 0 Å². The van der Waals surface area contributed by atoms with Crippen LogP contribution in [0.4, 0.5) is 0 Å². The van der Waals surface area contributed by atoms with E-state index in [0.29, 0.717) is 18.8 Å². The third-order valence-electron chi connectivity index (χ3n) is 8.02. The number of fused-ring (bicyclic) bond motifs is 1. The number of hydrogen-bond donors (Lipinski definition) is 1. The number of nitrogens with zero attached hydrogens (tertiary/aromatic N) is 2. The van der Waals surface area contributed by atoms with Crippen molar-refractivity contribution in [3.05, 3.63) is 99.3 Å². The first-order chi connectivity index (χ1) is 18.4. The highest BCUT2D eigenvalue weighted by Gasteiger charge is 2.53. The molecule has 38 heavy (non-hydrogen) atoms. The van der Waals surface area contributed by atoms with Crippen molar-refractivity contribution in [3.63, 3.8) is 0 Å². The molecule has 1 aromatic heterocycles. The molecule has 6 heteroatoms. The predicted molar refractivity (Wildman–Crippen MR) is 156 cm³/mol. The van der Waals surface area contributed by atoms with Crippen molar-refractivity contribution < 1.29 is 9.59 Å². The number of carbonyl (C=O) groups is 2. The molecule has 198 valence electrons. The second-order valence-electron chi connectivity index (χ2n) is 10.6. The van der Waals surface area contributed by atoms with E-state index in [9.17, 15) is 9.59 Å². The van der Waals surface area contributed by atoms with E-state index in [0.717, 1.165) is 52.5 Å². The van der Waals surface area contributed by atoms with Crippen LogP contribution in [-0.2, 0) is 23.4 Å². The molecular formula is C32H36BrN3O2. The molecule has 3 aromatic rings. The topological polar surface area (TPSA) is 54.3 Å². The number of allylic oxidation sites excluding steroid dienone is 1. The first kappa shape index (κ1) is 26.5.